The summed E-state index contributed by atoms with van der Waals surface area (Å²) < 4.78 is 0. The number of carbonyl (C=O) groups excluding carboxylic acids is 2. The molecule has 66 valence electrons. The number of aldehydes is 1. The maximum absolute atomic E-state index is 10.7. The first-order valence-corrected chi connectivity index (χ1v) is 3.53. The molecule has 0 rings (SSSR count). The number of hydrogen-bond acceptors (Lipinski definition) is 3. The van der Waals surface area contributed by atoms with Crippen molar-refractivity contribution in [1.29, 1.82) is 0 Å². The quantitative estimate of drug-likeness (QED) is 0.467. The molecule has 0 aromatic heterocycles. The molecule has 4 nitrogen and oxygen atoms in total. The Balaban J connectivity index is 3.50. The number of hydrogen-bond donors (Lipinski definition) is 1. The van der Waals surface area contributed by atoms with Crippen LogP contribution >= 0.6 is 0 Å². The molecular formula is C8H10O4. The van der Waals surface area contributed by atoms with Crippen LogP contribution in [0.5, 0.6) is 0 Å². The molecule has 0 atom stereocenters. The average Bonchev–Trinajstić information content (AvgIpc) is 2.00. The maximum atomic E-state index is 10.7. The normalized spacial score (nSPS) is 10.0. The molecule has 0 saturated heterocycles. The first-order chi connectivity index (χ1) is 5.66. The van der Waals surface area contributed by atoms with Crippen molar-refractivity contribution in [3.05, 3.63) is 12.2 Å². The molecule has 0 aliphatic rings. The molecule has 4 heteroatoms. The van der Waals surface area contributed by atoms with Gasteiger partial charge in [-0.3, -0.25) is 14.4 Å². The highest BCUT2D eigenvalue weighted by molar-refractivity contribution is 5.92. The Hall–Kier alpha value is -1.45. The fourth-order valence-electron chi connectivity index (χ4n) is 0.644. The Kier molecular flexibility index (Phi) is 5.51. The molecule has 0 bridgehead atoms. The van der Waals surface area contributed by atoms with Gasteiger partial charge in [0.15, 0.2) is 5.78 Å². The third-order valence-electron chi connectivity index (χ3n) is 1.17. The first-order valence-electron chi connectivity index (χ1n) is 3.53. The topological polar surface area (TPSA) is 71.4 Å². The van der Waals surface area contributed by atoms with Gasteiger partial charge in [-0.15, -0.1) is 0 Å². The van der Waals surface area contributed by atoms with Crippen molar-refractivity contribution in [2.24, 2.45) is 0 Å². The second-order valence-corrected chi connectivity index (χ2v) is 2.21. The summed E-state index contributed by atoms with van der Waals surface area (Å²) in [6.07, 6.45) is 3.24. The van der Waals surface area contributed by atoms with Gasteiger partial charge in [-0.1, -0.05) is 0 Å². The van der Waals surface area contributed by atoms with Crippen LogP contribution in [0.4, 0.5) is 0 Å². The molecule has 0 spiro atoms. The zero-order valence-electron chi connectivity index (χ0n) is 6.53. The maximum Gasteiger partial charge on any atom is 0.303 e. The lowest BCUT2D eigenvalue weighted by molar-refractivity contribution is -0.137. The lowest BCUT2D eigenvalue weighted by Gasteiger charge is -1.91. The Morgan fingerprint density at radius 3 is 2.42 bits per heavy atom. The molecule has 1 N–H and O–H groups in total. The van der Waals surface area contributed by atoms with Gasteiger partial charge in [0, 0.05) is 12.8 Å². The fourth-order valence-corrected chi connectivity index (χ4v) is 0.644. The number of allylic oxidation sites excluding steroid dienone is 2. The van der Waals surface area contributed by atoms with E-state index in [0.29, 0.717) is 12.7 Å². The summed E-state index contributed by atoms with van der Waals surface area (Å²) in [6, 6.07) is 0. The van der Waals surface area contributed by atoms with E-state index in [2.05, 4.69) is 0 Å². The molecule has 0 aliphatic heterocycles. The Morgan fingerprint density at radius 1 is 1.25 bits per heavy atom. The molecule has 0 saturated carbocycles. The van der Waals surface area contributed by atoms with Crippen LogP contribution in [0.25, 0.3) is 0 Å². The minimum atomic E-state index is -0.915. The molecule has 0 fully saturated rings. The smallest absolute Gasteiger partial charge is 0.303 e. The van der Waals surface area contributed by atoms with E-state index in [1.165, 1.54) is 0 Å². The largest absolute Gasteiger partial charge is 0.481 e. The minimum Gasteiger partial charge on any atom is -0.481 e. The second kappa shape index (κ2) is 6.27. The first kappa shape index (κ1) is 10.6. The van der Waals surface area contributed by atoms with Crippen LogP contribution in [0.1, 0.15) is 19.3 Å². The molecule has 0 aromatic rings. The van der Waals surface area contributed by atoms with Gasteiger partial charge < -0.3 is 5.11 Å². The lowest BCUT2D eigenvalue weighted by atomic mass is 10.2. The Labute approximate surface area is 69.9 Å². The SMILES string of the molecule is O=C/C=C/C(=O)CCCC(=O)O. The lowest BCUT2D eigenvalue weighted by Crippen LogP contribution is -1.98. The van der Waals surface area contributed by atoms with E-state index in [9.17, 15) is 14.4 Å². The Morgan fingerprint density at radius 2 is 1.92 bits per heavy atom. The third kappa shape index (κ3) is 6.67. The number of carbonyl (C=O) groups is 3. The standard InChI is InChI=1S/C8H10O4/c9-6-2-4-7(10)3-1-5-8(11)12/h2,4,6H,1,3,5H2,(H,11,12)/b4-2+. The number of aliphatic carboxylic acids is 1. The number of ketones is 1. The van der Waals surface area contributed by atoms with Gasteiger partial charge >= 0.3 is 5.97 Å². The Bertz CT molecular complexity index is 205. The average molecular weight is 170 g/mol. The van der Waals surface area contributed by atoms with Crippen LogP contribution in [-0.4, -0.2) is 23.1 Å². The summed E-state index contributed by atoms with van der Waals surface area (Å²) in [4.78, 5) is 30.5. The minimum absolute atomic E-state index is 0.0132. The van der Waals surface area contributed by atoms with Crippen LogP contribution < -0.4 is 0 Å². The van der Waals surface area contributed by atoms with E-state index < -0.39 is 5.97 Å². The van der Waals surface area contributed by atoms with Gasteiger partial charge in [-0.2, -0.15) is 0 Å². The summed E-state index contributed by atoms with van der Waals surface area (Å²) in [7, 11) is 0. The predicted molar refractivity (Wildman–Crippen MR) is 41.7 cm³/mol. The van der Waals surface area contributed by atoms with Gasteiger partial charge in [0.05, 0.1) is 0 Å². The van der Waals surface area contributed by atoms with E-state index in [-0.39, 0.29) is 18.6 Å². The number of carboxylic acids is 1. The number of carboxylic acid groups (broad SMARTS) is 1. The zero-order valence-corrected chi connectivity index (χ0v) is 6.53. The predicted octanol–water partition coefficient (Wildman–Crippen LogP) is 0.565. The van der Waals surface area contributed by atoms with E-state index in [0.717, 1.165) is 12.2 Å². The van der Waals surface area contributed by atoms with Crippen molar-refractivity contribution >= 4 is 18.0 Å². The van der Waals surface area contributed by atoms with Crippen molar-refractivity contribution in [2.75, 3.05) is 0 Å². The fraction of sp³-hybridized carbons (Fsp3) is 0.375. The summed E-state index contributed by atoms with van der Waals surface area (Å²) in [6.45, 7) is 0. The van der Waals surface area contributed by atoms with Crippen LogP contribution in [-0.2, 0) is 14.4 Å². The van der Waals surface area contributed by atoms with Crippen LogP contribution in [0, 0.1) is 0 Å². The molecule has 0 radical (unpaired) electrons. The van der Waals surface area contributed by atoms with Gasteiger partial charge in [-0.25, -0.2) is 0 Å². The molecule has 0 aliphatic carbocycles. The molecule has 0 heterocycles. The van der Waals surface area contributed by atoms with E-state index in [1.54, 1.807) is 0 Å². The summed E-state index contributed by atoms with van der Waals surface area (Å²) in [5.41, 5.74) is 0. The molecule has 0 unspecified atom stereocenters. The van der Waals surface area contributed by atoms with E-state index in [1.807, 2.05) is 0 Å². The van der Waals surface area contributed by atoms with Crippen molar-refractivity contribution in [1.82, 2.24) is 0 Å². The van der Waals surface area contributed by atoms with Gasteiger partial charge in [0.25, 0.3) is 0 Å². The summed E-state index contributed by atoms with van der Waals surface area (Å²) in [5, 5.41) is 8.22. The van der Waals surface area contributed by atoms with Crippen molar-refractivity contribution in [3.8, 4) is 0 Å². The van der Waals surface area contributed by atoms with Crippen molar-refractivity contribution < 1.29 is 19.5 Å². The highest BCUT2D eigenvalue weighted by Crippen LogP contribution is 1.96. The van der Waals surface area contributed by atoms with Crippen LogP contribution in [0.15, 0.2) is 12.2 Å². The van der Waals surface area contributed by atoms with Gasteiger partial charge in [0.1, 0.15) is 6.29 Å². The third-order valence-corrected chi connectivity index (χ3v) is 1.17. The summed E-state index contributed by atoms with van der Waals surface area (Å²) >= 11 is 0. The van der Waals surface area contributed by atoms with Gasteiger partial charge in [-0.05, 0) is 18.6 Å². The summed E-state index contributed by atoms with van der Waals surface area (Å²) in [5.74, 6) is -1.13. The van der Waals surface area contributed by atoms with Crippen molar-refractivity contribution in [3.63, 3.8) is 0 Å². The zero-order chi connectivity index (χ0) is 9.40. The molecule has 12 heavy (non-hydrogen) atoms. The molecular weight excluding hydrogens is 160 g/mol. The highest BCUT2D eigenvalue weighted by atomic mass is 16.4. The molecule has 0 aromatic carbocycles. The highest BCUT2D eigenvalue weighted by Gasteiger charge is 1.99. The van der Waals surface area contributed by atoms with Crippen molar-refractivity contribution in [2.45, 2.75) is 19.3 Å². The molecule has 0 amide bonds. The monoisotopic (exact) mass is 170 g/mol. The number of rotatable bonds is 6. The van der Waals surface area contributed by atoms with E-state index in [4.69, 9.17) is 5.11 Å². The second-order valence-electron chi connectivity index (χ2n) is 2.21. The van der Waals surface area contributed by atoms with Gasteiger partial charge in [0.2, 0.25) is 0 Å². The van der Waals surface area contributed by atoms with Crippen LogP contribution in [0.3, 0.4) is 0 Å². The van der Waals surface area contributed by atoms with Crippen LogP contribution in [0.2, 0.25) is 0 Å². The van der Waals surface area contributed by atoms with E-state index >= 15 is 0 Å².